The molecule has 0 aliphatic carbocycles. The zero-order chi connectivity index (χ0) is 22.1. The molecule has 0 radical (unpaired) electrons. The number of amides is 1. The van der Waals surface area contributed by atoms with Gasteiger partial charge in [-0.1, -0.05) is 37.3 Å². The summed E-state index contributed by atoms with van der Waals surface area (Å²) in [6.45, 7) is 4.08. The molecule has 3 atom stereocenters. The van der Waals surface area contributed by atoms with E-state index in [0.717, 1.165) is 43.5 Å². The molecule has 1 fully saturated rings. The van der Waals surface area contributed by atoms with E-state index in [9.17, 15) is 9.90 Å². The number of carbonyl (C=O) groups excluding carboxylic acids is 1. The summed E-state index contributed by atoms with van der Waals surface area (Å²) in [6.07, 6.45) is 14.0. The number of allylic oxidation sites excluding steroid dienone is 1. The Bertz CT molecular complexity index is 772. The van der Waals surface area contributed by atoms with Crippen LogP contribution < -0.4 is 0 Å². The van der Waals surface area contributed by atoms with Crippen molar-refractivity contribution in [3.63, 3.8) is 0 Å². The van der Waals surface area contributed by atoms with Crippen LogP contribution in [-0.2, 0) is 14.3 Å². The Balaban J connectivity index is 1.92. The van der Waals surface area contributed by atoms with Crippen molar-refractivity contribution in [1.82, 2.24) is 4.90 Å². The number of hydrogen-bond donors (Lipinski definition) is 1. The molecule has 0 unspecified atom stereocenters. The lowest BCUT2D eigenvalue weighted by molar-refractivity contribution is -0.170. The first kappa shape index (κ1) is 23.4. The van der Waals surface area contributed by atoms with Crippen molar-refractivity contribution in [2.24, 2.45) is 5.92 Å². The maximum Gasteiger partial charge on any atom is 0.288 e. The van der Waals surface area contributed by atoms with Gasteiger partial charge in [0.1, 0.15) is 0 Å². The van der Waals surface area contributed by atoms with Gasteiger partial charge in [0.15, 0.2) is 5.76 Å². The molecule has 1 amide bonds. The zero-order valence-corrected chi connectivity index (χ0v) is 18.6. The summed E-state index contributed by atoms with van der Waals surface area (Å²) in [5, 5.41) is 9.42. The average Bonchev–Trinajstić information content (AvgIpc) is 2.77. The van der Waals surface area contributed by atoms with Crippen molar-refractivity contribution in [2.45, 2.75) is 64.1 Å². The second kappa shape index (κ2) is 11.9. The van der Waals surface area contributed by atoms with E-state index in [0.29, 0.717) is 18.8 Å². The standard InChI is InChI=1S/C26H35NO4/c1-3-20-12-14-21(15-13-20)23-19-24(25(29)27-16-8-6-5-7-9-17-27)31-26(30-4-2)22(23)11-10-18-28/h1,12-15,19,22-23,26,28H,4-11,16-18H2,2H3/t22-,23-,26-/m0/s1. The number of nitrogens with zero attached hydrogens (tertiary/aromatic N) is 1. The van der Waals surface area contributed by atoms with Crippen LogP contribution in [-0.4, -0.2) is 48.5 Å². The molecular formula is C26H35NO4. The molecule has 2 aliphatic rings. The maximum absolute atomic E-state index is 13.4. The Labute approximate surface area is 186 Å². The van der Waals surface area contributed by atoms with Gasteiger partial charge in [-0.3, -0.25) is 4.79 Å². The van der Waals surface area contributed by atoms with E-state index >= 15 is 0 Å². The molecule has 2 heterocycles. The SMILES string of the molecule is C#Cc1ccc([C@@H]2C=C(C(=O)N3CCCCCCC3)O[C@H](OCC)[C@H]2CCCO)cc1. The van der Waals surface area contributed by atoms with Gasteiger partial charge in [-0.15, -0.1) is 6.42 Å². The number of likely N-dealkylation sites (tertiary alicyclic amines) is 1. The Kier molecular flexibility index (Phi) is 8.99. The van der Waals surface area contributed by atoms with Crippen molar-refractivity contribution in [3.05, 3.63) is 47.2 Å². The third kappa shape index (κ3) is 6.12. The Hall–Kier alpha value is -2.29. The fourth-order valence-corrected chi connectivity index (χ4v) is 4.55. The van der Waals surface area contributed by atoms with Crippen LogP contribution in [0, 0.1) is 18.3 Å². The third-order valence-corrected chi connectivity index (χ3v) is 6.23. The van der Waals surface area contributed by atoms with Gasteiger partial charge in [0.05, 0.1) is 0 Å². The molecule has 0 aromatic heterocycles. The Morgan fingerprint density at radius 3 is 2.48 bits per heavy atom. The summed E-state index contributed by atoms with van der Waals surface area (Å²) in [4.78, 5) is 15.3. The van der Waals surface area contributed by atoms with Gasteiger partial charge in [0, 0.05) is 43.7 Å². The summed E-state index contributed by atoms with van der Waals surface area (Å²) in [6, 6.07) is 7.90. The summed E-state index contributed by atoms with van der Waals surface area (Å²) in [5.74, 6) is 2.95. The monoisotopic (exact) mass is 425 g/mol. The fourth-order valence-electron chi connectivity index (χ4n) is 4.55. The number of hydrogen-bond acceptors (Lipinski definition) is 4. The smallest absolute Gasteiger partial charge is 0.288 e. The van der Waals surface area contributed by atoms with Crippen LogP contribution >= 0.6 is 0 Å². The molecular weight excluding hydrogens is 390 g/mol. The zero-order valence-electron chi connectivity index (χ0n) is 18.6. The van der Waals surface area contributed by atoms with E-state index in [-0.39, 0.29) is 24.3 Å². The number of rotatable bonds is 7. The number of ether oxygens (including phenoxy) is 2. The normalized spacial score (nSPS) is 24.4. The van der Waals surface area contributed by atoms with Gasteiger partial charge in [-0.05, 0) is 56.4 Å². The summed E-state index contributed by atoms with van der Waals surface area (Å²) >= 11 is 0. The van der Waals surface area contributed by atoms with E-state index in [4.69, 9.17) is 15.9 Å². The molecule has 5 nitrogen and oxygen atoms in total. The first-order valence-corrected chi connectivity index (χ1v) is 11.6. The average molecular weight is 426 g/mol. The topological polar surface area (TPSA) is 59.0 Å². The fraction of sp³-hybridized carbons (Fsp3) is 0.577. The number of benzene rings is 1. The van der Waals surface area contributed by atoms with Crippen molar-refractivity contribution >= 4 is 5.91 Å². The summed E-state index contributed by atoms with van der Waals surface area (Å²) in [5.41, 5.74) is 1.90. The second-order valence-electron chi connectivity index (χ2n) is 8.35. The highest BCUT2D eigenvalue weighted by molar-refractivity contribution is 5.91. The molecule has 1 aromatic carbocycles. The summed E-state index contributed by atoms with van der Waals surface area (Å²) < 4.78 is 12.1. The largest absolute Gasteiger partial charge is 0.459 e. The van der Waals surface area contributed by atoms with Crippen LogP contribution in [0.25, 0.3) is 0 Å². The van der Waals surface area contributed by atoms with Crippen LogP contribution in [0.2, 0.25) is 0 Å². The number of carbonyl (C=O) groups is 1. The van der Waals surface area contributed by atoms with Gasteiger partial charge in [0.25, 0.3) is 5.91 Å². The highest BCUT2D eigenvalue weighted by Crippen LogP contribution is 2.39. The molecule has 31 heavy (non-hydrogen) atoms. The first-order chi connectivity index (χ1) is 15.2. The Morgan fingerprint density at radius 1 is 1.19 bits per heavy atom. The van der Waals surface area contributed by atoms with E-state index < -0.39 is 6.29 Å². The van der Waals surface area contributed by atoms with Crippen LogP contribution in [0.3, 0.4) is 0 Å². The highest BCUT2D eigenvalue weighted by atomic mass is 16.7. The first-order valence-electron chi connectivity index (χ1n) is 11.6. The van der Waals surface area contributed by atoms with Gasteiger partial charge >= 0.3 is 0 Å². The van der Waals surface area contributed by atoms with E-state index in [1.165, 1.54) is 19.3 Å². The van der Waals surface area contributed by atoms with Gasteiger partial charge in [0.2, 0.25) is 6.29 Å². The van der Waals surface area contributed by atoms with Gasteiger partial charge < -0.3 is 19.5 Å². The predicted molar refractivity (Wildman–Crippen MR) is 121 cm³/mol. The molecule has 1 saturated heterocycles. The number of terminal acetylenes is 1. The molecule has 168 valence electrons. The lowest BCUT2D eigenvalue weighted by Gasteiger charge is -2.38. The number of aliphatic hydroxyl groups excluding tert-OH is 1. The lowest BCUT2D eigenvalue weighted by atomic mass is 9.80. The minimum atomic E-state index is -0.521. The second-order valence-corrected chi connectivity index (χ2v) is 8.35. The van der Waals surface area contributed by atoms with E-state index in [2.05, 4.69) is 5.92 Å². The highest BCUT2D eigenvalue weighted by Gasteiger charge is 2.38. The van der Waals surface area contributed by atoms with E-state index in [1.807, 2.05) is 42.2 Å². The van der Waals surface area contributed by atoms with Crippen molar-refractivity contribution in [2.75, 3.05) is 26.3 Å². The van der Waals surface area contributed by atoms with Gasteiger partial charge in [-0.2, -0.15) is 0 Å². The molecule has 0 bridgehead atoms. The maximum atomic E-state index is 13.4. The van der Waals surface area contributed by atoms with Crippen molar-refractivity contribution < 1.29 is 19.4 Å². The minimum absolute atomic E-state index is 0.00710. The lowest BCUT2D eigenvalue weighted by Crippen LogP contribution is -2.41. The molecule has 3 rings (SSSR count). The molecule has 1 aromatic rings. The Morgan fingerprint density at radius 2 is 1.87 bits per heavy atom. The van der Waals surface area contributed by atoms with Gasteiger partial charge in [-0.25, -0.2) is 0 Å². The van der Waals surface area contributed by atoms with E-state index in [1.54, 1.807) is 0 Å². The third-order valence-electron chi connectivity index (χ3n) is 6.23. The molecule has 2 aliphatic heterocycles. The quantitative estimate of drug-likeness (QED) is 0.665. The summed E-state index contributed by atoms with van der Waals surface area (Å²) in [7, 11) is 0. The van der Waals surface area contributed by atoms with Crippen molar-refractivity contribution in [1.29, 1.82) is 0 Å². The number of aliphatic hydroxyl groups is 1. The minimum Gasteiger partial charge on any atom is -0.459 e. The van der Waals surface area contributed by atoms with Crippen molar-refractivity contribution in [3.8, 4) is 12.3 Å². The predicted octanol–water partition coefficient (Wildman–Crippen LogP) is 4.21. The van der Waals surface area contributed by atoms with Crippen LogP contribution in [0.4, 0.5) is 0 Å². The van der Waals surface area contributed by atoms with Crippen LogP contribution in [0.1, 0.15) is 68.9 Å². The van der Waals surface area contributed by atoms with Crippen LogP contribution in [0.5, 0.6) is 0 Å². The molecule has 0 saturated carbocycles. The molecule has 1 N–H and O–H groups in total. The molecule has 0 spiro atoms. The van der Waals surface area contributed by atoms with Crippen LogP contribution in [0.15, 0.2) is 36.1 Å². The molecule has 5 heteroatoms.